The summed E-state index contributed by atoms with van der Waals surface area (Å²) in [7, 11) is -0.955. The maximum atomic E-state index is 2.79. The first kappa shape index (κ1) is 28.2. The van der Waals surface area contributed by atoms with E-state index >= 15 is 0 Å². The minimum atomic E-state index is -0.955. The third kappa shape index (κ3) is 17.1. The fourth-order valence-corrected chi connectivity index (χ4v) is 7.82. The van der Waals surface area contributed by atoms with Gasteiger partial charge in [0.2, 0.25) is 0 Å². The summed E-state index contributed by atoms with van der Waals surface area (Å²) in [6.45, 7) is 9.57. The zero-order valence-corrected chi connectivity index (χ0v) is 21.6. The molecule has 0 bridgehead atoms. The molecule has 0 saturated heterocycles. The van der Waals surface area contributed by atoms with Gasteiger partial charge >= 0.3 is 0 Å². The lowest BCUT2D eigenvalue weighted by Gasteiger charge is -2.27. The molecule has 0 saturated carbocycles. The van der Waals surface area contributed by atoms with Gasteiger partial charge in [-0.25, -0.2) is 0 Å². The monoisotopic (exact) mass is 409 g/mol. The number of rotatable bonds is 23. The molecule has 0 aliphatic carbocycles. The molecule has 0 amide bonds. The molecule has 0 rings (SSSR count). The summed E-state index contributed by atoms with van der Waals surface area (Å²) in [4.78, 5) is 0. The van der Waals surface area contributed by atoms with Gasteiger partial charge in [0.05, 0.1) is 8.07 Å². The summed E-state index contributed by atoms with van der Waals surface area (Å²) in [6.07, 6.45) is 27.9. The molecule has 0 atom stereocenters. The third-order valence-corrected chi connectivity index (χ3v) is 12.6. The van der Waals surface area contributed by atoms with Crippen molar-refractivity contribution in [2.75, 3.05) is 0 Å². The largest absolute Gasteiger partial charge is 0.0678 e. The molecule has 0 N–H and O–H groups in total. The Kier molecular flexibility index (Phi) is 22.1. The van der Waals surface area contributed by atoms with Gasteiger partial charge in [0, 0.05) is 0 Å². The highest BCUT2D eigenvalue weighted by Gasteiger charge is 2.25. The highest BCUT2D eigenvalue weighted by atomic mass is 28.3. The van der Waals surface area contributed by atoms with Crippen molar-refractivity contribution in [3.63, 3.8) is 0 Å². The lowest BCUT2D eigenvalue weighted by Crippen LogP contribution is -2.32. The summed E-state index contributed by atoms with van der Waals surface area (Å²) in [5.74, 6) is 0. The van der Waals surface area contributed by atoms with Crippen molar-refractivity contribution >= 4 is 8.07 Å². The van der Waals surface area contributed by atoms with Crippen LogP contribution in [0.5, 0.6) is 0 Å². The Morgan fingerprint density at radius 3 is 0.964 bits per heavy atom. The normalized spacial score (nSPS) is 12.0. The zero-order valence-electron chi connectivity index (χ0n) is 20.6. The summed E-state index contributed by atoms with van der Waals surface area (Å²) in [5, 5.41) is 0. The van der Waals surface area contributed by atoms with Crippen LogP contribution in [0.25, 0.3) is 0 Å². The Morgan fingerprint density at radius 1 is 0.393 bits per heavy atom. The molecule has 1 radical (unpaired) electrons. The Hall–Kier alpha value is 0.217. The Bertz CT molecular complexity index is 274. The molecule has 0 fully saturated rings. The summed E-state index contributed by atoms with van der Waals surface area (Å²) in [6, 6.07) is 7.16. The third-order valence-electron chi connectivity index (χ3n) is 7.25. The van der Waals surface area contributed by atoms with E-state index in [9.17, 15) is 0 Å². The molecule has 169 valence electrons. The highest BCUT2D eigenvalue weighted by molar-refractivity contribution is 6.82. The predicted molar refractivity (Wildman–Crippen MR) is 135 cm³/mol. The average Bonchev–Trinajstić information content (AvgIpc) is 2.73. The van der Waals surface area contributed by atoms with Crippen LogP contribution in [0.15, 0.2) is 0 Å². The predicted octanol–water partition coefficient (Wildman–Crippen LogP) is 10.7. The van der Waals surface area contributed by atoms with Crippen LogP contribution in [0.1, 0.15) is 150 Å². The van der Waals surface area contributed by atoms with Crippen LogP contribution in [-0.4, -0.2) is 8.07 Å². The standard InChI is InChI=1S/C27H57Si/c1-5-9-10-11-12-13-14-15-16-17-18-19-20-21-22-23-24-25-26-27-28(6-2,7-3)8-4/h27H,5-26H2,1-4H3. The Labute approximate surface area is 182 Å². The van der Waals surface area contributed by atoms with E-state index in [1.165, 1.54) is 140 Å². The molecular formula is C27H57Si. The molecule has 0 aromatic carbocycles. The van der Waals surface area contributed by atoms with Crippen LogP contribution < -0.4 is 0 Å². The minimum Gasteiger partial charge on any atom is -0.0678 e. The molecule has 0 spiro atoms. The molecule has 0 aliphatic heterocycles. The fourth-order valence-electron chi connectivity index (χ4n) is 4.64. The highest BCUT2D eigenvalue weighted by Crippen LogP contribution is 2.26. The second-order valence-electron chi connectivity index (χ2n) is 9.43. The maximum Gasteiger partial charge on any atom is 0.0558 e. The summed E-state index contributed by atoms with van der Waals surface area (Å²) in [5.41, 5.74) is 0. The SMILES string of the molecule is CCCCCCCCCCCCCCCCCCCC[CH][Si](CC)(CC)CC. The minimum absolute atomic E-state index is 0.955. The molecule has 0 aromatic heterocycles. The Balaban J connectivity index is 3.18. The lowest BCUT2D eigenvalue weighted by atomic mass is 10.0. The maximum absolute atomic E-state index is 2.79. The average molecular weight is 410 g/mol. The molecule has 0 aliphatic rings. The lowest BCUT2D eigenvalue weighted by molar-refractivity contribution is 0.525. The van der Waals surface area contributed by atoms with E-state index in [-0.39, 0.29) is 0 Å². The van der Waals surface area contributed by atoms with Crippen molar-refractivity contribution < 1.29 is 0 Å². The molecular weight excluding hydrogens is 352 g/mol. The second-order valence-corrected chi connectivity index (χ2v) is 14.7. The fraction of sp³-hybridized carbons (Fsp3) is 0.963. The van der Waals surface area contributed by atoms with Gasteiger partial charge < -0.3 is 0 Å². The first-order valence-corrected chi connectivity index (χ1v) is 16.3. The van der Waals surface area contributed by atoms with E-state index in [4.69, 9.17) is 0 Å². The van der Waals surface area contributed by atoms with Gasteiger partial charge in [0.1, 0.15) is 0 Å². The van der Waals surface area contributed by atoms with Crippen LogP contribution in [0, 0.1) is 6.04 Å². The van der Waals surface area contributed by atoms with Gasteiger partial charge in [-0.15, -0.1) is 0 Å². The van der Waals surface area contributed by atoms with Crippen LogP contribution in [0.3, 0.4) is 0 Å². The number of hydrogen-bond acceptors (Lipinski definition) is 0. The van der Waals surface area contributed by atoms with Crippen molar-refractivity contribution in [3.05, 3.63) is 6.04 Å². The van der Waals surface area contributed by atoms with E-state index < -0.39 is 8.07 Å². The number of hydrogen-bond donors (Lipinski definition) is 0. The van der Waals surface area contributed by atoms with Gasteiger partial charge in [-0.2, -0.15) is 0 Å². The summed E-state index contributed by atoms with van der Waals surface area (Å²) >= 11 is 0. The number of unbranched alkanes of at least 4 members (excludes halogenated alkanes) is 18. The van der Waals surface area contributed by atoms with Gasteiger partial charge in [-0.3, -0.25) is 0 Å². The van der Waals surface area contributed by atoms with Crippen molar-refractivity contribution in [3.8, 4) is 0 Å². The van der Waals surface area contributed by atoms with Gasteiger partial charge in [0.25, 0.3) is 0 Å². The van der Waals surface area contributed by atoms with Crippen LogP contribution in [0.2, 0.25) is 18.1 Å². The van der Waals surface area contributed by atoms with Gasteiger partial charge in [-0.1, -0.05) is 168 Å². The van der Waals surface area contributed by atoms with E-state index in [0.717, 1.165) is 0 Å². The zero-order chi connectivity index (χ0) is 20.8. The van der Waals surface area contributed by atoms with E-state index in [2.05, 4.69) is 33.7 Å². The quantitative estimate of drug-likeness (QED) is 0.116. The first-order chi connectivity index (χ1) is 13.7. The van der Waals surface area contributed by atoms with E-state index in [1.54, 1.807) is 0 Å². The summed E-state index contributed by atoms with van der Waals surface area (Å²) < 4.78 is 0. The topological polar surface area (TPSA) is 0 Å². The van der Waals surface area contributed by atoms with E-state index in [0.29, 0.717) is 0 Å². The van der Waals surface area contributed by atoms with Crippen LogP contribution in [0.4, 0.5) is 0 Å². The van der Waals surface area contributed by atoms with E-state index in [1.807, 2.05) is 0 Å². The molecule has 28 heavy (non-hydrogen) atoms. The van der Waals surface area contributed by atoms with Crippen LogP contribution in [-0.2, 0) is 0 Å². The Morgan fingerprint density at radius 2 is 0.679 bits per heavy atom. The van der Waals surface area contributed by atoms with Crippen molar-refractivity contribution in [2.24, 2.45) is 0 Å². The van der Waals surface area contributed by atoms with Gasteiger partial charge in [-0.05, 0) is 6.04 Å². The van der Waals surface area contributed by atoms with Crippen molar-refractivity contribution in [1.29, 1.82) is 0 Å². The molecule has 0 unspecified atom stereocenters. The van der Waals surface area contributed by atoms with Gasteiger partial charge in [0.15, 0.2) is 0 Å². The van der Waals surface area contributed by atoms with Crippen molar-refractivity contribution in [2.45, 2.75) is 168 Å². The molecule has 0 nitrogen and oxygen atoms in total. The van der Waals surface area contributed by atoms with Crippen molar-refractivity contribution in [1.82, 2.24) is 0 Å². The molecule has 0 aromatic rings. The first-order valence-electron chi connectivity index (χ1n) is 13.6. The van der Waals surface area contributed by atoms with Crippen LogP contribution >= 0.6 is 0 Å². The molecule has 1 heteroatoms. The molecule has 0 heterocycles. The second kappa shape index (κ2) is 21.9. The smallest absolute Gasteiger partial charge is 0.0558 e.